The highest BCUT2D eigenvalue weighted by atomic mass is 32.1. The normalized spacial score (nSPS) is 15.4. The Balaban J connectivity index is 1.40. The Morgan fingerprint density at radius 1 is 1.37 bits per heavy atom. The van der Waals surface area contributed by atoms with Crippen molar-refractivity contribution in [3.8, 4) is 11.4 Å². The minimum Gasteiger partial charge on any atom is -0.300 e. The number of H-pyrrole nitrogens is 1. The standard InChI is InChI=1S/C21H26N6OS2/c1-14-6-8-26(9-7-14)11-17-13-30-20(22-17)23-18(28)12-27-19(24-25-21(27)29)16-5-3-4-15(2)10-16/h3-5,10,13-14H,6-9,11-12H2,1-2H3,(H,25,29)(H,22,23,28). The molecule has 3 heterocycles. The summed E-state index contributed by atoms with van der Waals surface area (Å²) in [4.78, 5) is 19.7. The largest absolute Gasteiger partial charge is 0.300 e. The van der Waals surface area contributed by atoms with Gasteiger partial charge >= 0.3 is 0 Å². The average molecular weight is 443 g/mol. The van der Waals surface area contributed by atoms with Crippen LogP contribution in [0.15, 0.2) is 29.6 Å². The molecule has 0 aliphatic carbocycles. The van der Waals surface area contributed by atoms with E-state index in [2.05, 4.69) is 32.3 Å². The van der Waals surface area contributed by atoms with E-state index in [0.29, 0.717) is 15.7 Å². The molecule has 1 aliphatic heterocycles. The quantitative estimate of drug-likeness (QED) is 0.558. The maximum Gasteiger partial charge on any atom is 0.246 e. The van der Waals surface area contributed by atoms with E-state index in [-0.39, 0.29) is 12.5 Å². The number of anilines is 1. The highest BCUT2D eigenvalue weighted by Gasteiger charge is 2.18. The molecule has 7 nitrogen and oxygen atoms in total. The van der Waals surface area contributed by atoms with Crippen LogP contribution in [-0.2, 0) is 17.9 Å². The summed E-state index contributed by atoms with van der Waals surface area (Å²) in [5.74, 6) is 1.29. The van der Waals surface area contributed by atoms with Gasteiger partial charge in [-0.3, -0.25) is 19.4 Å². The molecular weight excluding hydrogens is 416 g/mol. The van der Waals surface area contributed by atoms with Gasteiger partial charge in [-0.05, 0) is 57.1 Å². The monoisotopic (exact) mass is 442 g/mol. The highest BCUT2D eigenvalue weighted by molar-refractivity contribution is 7.71. The van der Waals surface area contributed by atoms with Crippen LogP contribution in [0.5, 0.6) is 0 Å². The zero-order valence-corrected chi connectivity index (χ0v) is 18.9. The van der Waals surface area contributed by atoms with Crippen molar-refractivity contribution in [2.24, 2.45) is 5.92 Å². The zero-order chi connectivity index (χ0) is 21.1. The molecule has 0 bridgehead atoms. The van der Waals surface area contributed by atoms with Gasteiger partial charge in [-0.1, -0.05) is 30.7 Å². The number of nitrogens with zero attached hydrogens (tertiary/aromatic N) is 4. The fraction of sp³-hybridized carbons (Fsp3) is 0.429. The summed E-state index contributed by atoms with van der Waals surface area (Å²) in [5, 5.41) is 12.6. The number of rotatable bonds is 6. The van der Waals surface area contributed by atoms with Crippen molar-refractivity contribution in [2.75, 3.05) is 18.4 Å². The first-order valence-corrected chi connectivity index (χ1v) is 11.5. The molecule has 1 fully saturated rings. The summed E-state index contributed by atoms with van der Waals surface area (Å²) < 4.78 is 2.13. The number of benzene rings is 1. The summed E-state index contributed by atoms with van der Waals surface area (Å²) in [5.41, 5.74) is 3.05. The van der Waals surface area contributed by atoms with Crippen molar-refractivity contribution in [1.82, 2.24) is 24.6 Å². The molecule has 0 atom stereocenters. The SMILES string of the molecule is Cc1cccc(-c2n[nH]c(=S)n2CC(=O)Nc2nc(CN3CCC(C)CC3)cs2)c1. The predicted molar refractivity (Wildman–Crippen MR) is 122 cm³/mol. The van der Waals surface area contributed by atoms with Crippen molar-refractivity contribution in [2.45, 2.75) is 39.8 Å². The maximum atomic E-state index is 12.7. The molecular formula is C21H26N6OS2. The Morgan fingerprint density at radius 3 is 2.93 bits per heavy atom. The van der Waals surface area contributed by atoms with Crippen LogP contribution in [-0.4, -0.2) is 43.6 Å². The minimum absolute atomic E-state index is 0.0809. The second kappa shape index (κ2) is 9.20. The van der Waals surface area contributed by atoms with E-state index in [4.69, 9.17) is 12.2 Å². The lowest BCUT2D eigenvalue weighted by molar-refractivity contribution is -0.116. The number of amides is 1. The number of aromatic nitrogens is 4. The van der Waals surface area contributed by atoms with E-state index in [9.17, 15) is 4.79 Å². The Labute approximate surface area is 185 Å². The number of carbonyl (C=O) groups is 1. The smallest absolute Gasteiger partial charge is 0.246 e. The number of likely N-dealkylation sites (tertiary alicyclic amines) is 1. The molecule has 0 radical (unpaired) electrons. The number of hydrogen-bond acceptors (Lipinski definition) is 6. The molecule has 30 heavy (non-hydrogen) atoms. The van der Waals surface area contributed by atoms with Crippen LogP contribution in [0, 0.1) is 17.6 Å². The summed E-state index contributed by atoms with van der Waals surface area (Å²) >= 11 is 6.80. The van der Waals surface area contributed by atoms with Gasteiger partial charge in [0.05, 0.1) is 5.69 Å². The molecule has 9 heteroatoms. The minimum atomic E-state index is -0.172. The topological polar surface area (TPSA) is 78.8 Å². The first-order valence-electron chi connectivity index (χ1n) is 10.2. The van der Waals surface area contributed by atoms with Crippen LogP contribution in [0.4, 0.5) is 5.13 Å². The van der Waals surface area contributed by atoms with Crippen LogP contribution in [0.2, 0.25) is 0 Å². The Kier molecular flexibility index (Phi) is 6.40. The second-order valence-corrected chi connectivity index (χ2v) is 9.20. The van der Waals surface area contributed by atoms with E-state index in [1.165, 1.54) is 24.2 Å². The number of aryl methyl sites for hydroxylation is 1. The van der Waals surface area contributed by atoms with E-state index in [0.717, 1.165) is 42.4 Å². The summed E-state index contributed by atoms with van der Waals surface area (Å²) in [7, 11) is 0. The summed E-state index contributed by atoms with van der Waals surface area (Å²) in [6, 6.07) is 7.97. The van der Waals surface area contributed by atoms with Gasteiger partial charge in [-0.2, -0.15) is 5.10 Å². The molecule has 1 amide bonds. The molecule has 0 spiro atoms. The highest BCUT2D eigenvalue weighted by Crippen LogP contribution is 2.22. The van der Waals surface area contributed by atoms with Crippen molar-refractivity contribution < 1.29 is 4.79 Å². The van der Waals surface area contributed by atoms with Gasteiger partial charge < -0.3 is 5.32 Å². The lowest BCUT2D eigenvalue weighted by Gasteiger charge is -2.29. The zero-order valence-electron chi connectivity index (χ0n) is 17.2. The van der Waals surface area contributed by atoms with E-state index >= 15 is 0 Å². The Morgan fingerprint density at radius 2 is 2.17 bits per heavy atom. The van der Waals surface area contributed by atoms with Crippen molar-refractivity contribution in [1.29, 1.82) is 0 Å². The van der Waals surface area contributed by atoms with Crippen LogP contribution < -0.4 is 5.32 Å². The number of aromatic amines is 1. The predicted octanol–water partition coefficient (Wildman–Crippen LogP) is 4.24. The number of thiazole rings is 1. The summed E-state index contributed by atoms with van der Waals surface area (Å²) in [6.07, 6.45) is 2.48. The van der Waals surface area contributed by atoms with Crippen molar-refractivity contribution >= 4 is 34.6 Å². The maximum absolute atomic E-state index is 12.7. The van der Waals surface area contributed by atoms with Gasteiger partial charge in [-0.15, -0.1) is 11.3 Å². The van der Waals surface area contributed by atoms with Gasteiger partial charge in [0.2, 0.25) is 5.91 Å². The van der Waals surface area contributed by atoms with Crippen LogP contribution in [0.3, 0.4) is 0 Å². The number of hydrogen-bond donors (Lipinski definition) is 2. The summed E-state index contributed by atoms with van der Waals surface area (Å²) in [6.45, 7) is 7.47. The van der Waals surface area contributed by atoms with Crippen molar-refractivity contribution in [3.63, 3.8) is 0 Å². The van der Waals surface area contributed by atoms with Gasteiger partial charge in [0, 0.05) is 17.5 Å². The third kappa shape index (κ3) is 5.03. The lowest BCUT2D eigenvalue weighted by Crippen LogP contribution is -2.32. The fourth-order valence-electron chi connectivity index (χ4n) is 3.66. The molecule has 1 aromatic carbocycles. The fourth-order valence-corrected chi connectivity index (χ4v) is 4.57. The number of carbonyl (C=O) groups excluding carboxylic acids is 1. The Hall–Kier alpha value is -2.36. The third-order valence-corrected chi connectivity index (χ3v) is 6.51. The second-order valence-electron chi connectivity index (χ2n) is 7.96. The van der Waals surface area contributed by atoms with Gasteiger partial charge in [0.25, 0.3) is 0 Å². The number of piperidine rings is 1. The van der Waals surface area contributed by atoms with E-state index < -0.39 is 0 Å². The van der Waals surface area contributed by atoms with Crippen LogP contribution in [0.1, 0.15) is 31.0 Å². The Bertz CT molecular complexity index is 1080. The average Bonchev–Trinajstić information content (AvgIpc) is 3.30. The molecule has 158 valence electrons. The van der Waals surface area contributed by atoms with Crippen LogP contribution >= 0.6 is 23.6 Å². The molecule has 0 unspecified atom stereocenters. The molecule has 0 saturated carbocycles. The molecule has 3 aromatic rings. The lowest BCUT2D eigenvalue weighted by atomic mass is 9.99. The van der Waals surface area contributed by atoms with Crippen molar-refractivity contribution in [3.05, 3.63) is 45.7 Å². The molecule has 2 N–H and O–H groups in total. The van der Waals surface area contributed by atoms with E-state index in [1.807, 2.05) is 36.6 Å². The first-order chi connectivity index (χ1) is 14.5. The third-order valence-electron chi connectivity index (χ3n) is 5.40. The van der Waals surface area contributed by atoms with Gasteiger partial charge in [0.15, 0.2) is 15.7 Å². The number of nitrogens with one attached hydrogen (secondary N) is 2. The first kappa shape index (κ1) is 20.9. The molecule has 4 rings (SSSR count). The van der Waals surface area contributed by atoms with Crippen LogP contribution in [0.25, 0.3) is 11.4 Å². The molecule has 1 saturated heterocycles. The van der Waals surface area contributed by atoms with Gasteiger partial charge in [0.1, 0.15) is 6.54 Å². The van der Waals surface area contributed by atoms with E-state index in [1.54, 1.807) is 4.57 Å². The molecule has 1 aliphatic rings. The van der Waals surface area contributed by atoms with Gasteiger partial charge in [-0.25, -0.2) is 4.98 Å². The molecule has 2 aromatic heterocycles.